The van der Waals surface area contributed by atoms with E-state index in [0.29, 0.717) is 16.8 Å². The molecule has 0 aliphatic heterocycles. The van der Waals surface area contributed by atoms with Crippen LogP contribution in [0.2, 0.25) is 0 Å². The highest BCUT2D eigenvalue weighted by Crippen LogP contribution is 2.29. The molecule has 0 aliphatic rings. The van der Waals surface area contributed by atoms with Crippen molar-refractivity contribution >= 4 is 18.0 Å². The van der Waals surface area contributed by atoms with Crippen LogP contribution in [-0.2, 0) is 12.7 Å². The molecule has 10 heteroatoms. The Labute approximate surface area is 187 Å². The van der Waals surface area contributed by atoms with E-state index < -0.39 is 29.7 Å². The fourth-order valence-corrected chi connectivity index (χ4v) is 3.18. The predicted molar refractivity (Wildman–Crippen MR) is 115 cm³/mol. The molecule has 33 heavy (non-hydrogen) atoms. The zero-order chi connectivity index (χ0) is 24.2. The number of halogens is 3. The molecule has 2 N–H and O–H groups in total. The molecule has 1 heterocycles. The first-order valence-electron chi connectivity index (χ1n) is 9.96. The van der Waals surface area contributed by atoms with Crippen molar-refractivity contribution < 1.29 is 27.9 Å². The highest BCUT2D eigenvalue weighted by atomic mass is 19.4. The molecule has 172 valence electrons. The lowest BCUT2D eigenvalue weighted by Crippen LogP contribution is -2.29. The summed E-state index contributed by atoms with van der Waals surface area (Å²) in [5.74, 6) is -1.53. The van der Waals surface area contributed by atoms with E-state index in [4.69, 9.17) is 5.11 Å². The van der Waals surface area contributed by atoms with E-state index in [9.17, 15) is 22.8 Å². The average Bonchev–Trinajstić information content (AvgIpc) is 3.16. The summed E-state index contributed by atoms with van der Waals surface area (Å²) in [5.41, 5.74) is 1.05. The topological polar surface area (TPSA) is 97.1 Å². The molecule has 0 unspecified atom stereocenters. The molecule has 0 bridgehead atoms. The molecule has 2 aromatic carbocycles. The highest BCUT2D eigenvalue weighted by molar-refractivity contribution is 5.95. The summed E-state index contributed by atoms with van der Waals surface area (Å²) in [7, 11) is 0. The number of benzene rings is 2. The average molecular weight is 458 g/mol. The second-order valence-electron chi connectivity index (χ2n) is 7.30. The number of nitrogens with one attached hydrogen (secondary N) is 1. The van der Waals surface area contributed by atoms with Gasteiger partial charge in [0.15, 0.2) is 5.69 Å². The number of hydrogen-bond donors (Lipinski definition) is 2. The lowest BCUT2D eigenvalue weighted by molar-refractivity contribution is -0.137. The van der Waals surface area contributed by atoms with Crippen molar-refractivity contribution in [2.24, 2.45) is 0 Å². The van der Waals surface area contributed by atoms with E-state index in [1.54, 1.807) is 38.1 Å². The van der Waals surface area contributed by atoms with Crippen molar-refractivity contribution in [1.82, 2.24) is 20.3 Å². The van der Waals surface area contributed by atoms with Crippen LogP contribution in [0, 0.1) is 0 Å². The quantitative estimate of drug-likeness (QED) is 0.541. The lowest BCUT2D eigenvalue weighted by Gasteiger charge is -2.15. The van der Waals surface area contributed by atoms with E-state index in [1.807, 2.05) is 0 Å². The summed E-state index contributed by atoms with van der Waals surface area (Å²) in [4.78, 5) is 24.1. The van der Waals surface area contributed by atoms with Crippen LogP contribution < -0.4 is 5.32 Å². The second-order valence-corrected chi connectivity index (χ2v) is 7.30. The van der Waals surface area contributed by atoms with Gasteiger partial charge in [-0.2, -0.15) is 13.2 Å². The Morgan fingerprint density at radius 3 is 2.30 bits per heavy atom. The molecule has 3 rings (SSSR count). The minimum Gasteiger partial charge on any atom is -0.478 e. The van der Waals surface area contributed by atoms with Crippen molar-refractivity contribution in [2.75, 3.05) is 0 Å². The Morgan fingerprint density at radius 1 is 1.12 bits per heavy atom. The SMILES string of the molecule is C/C=C/c1nnn(Cc2ccc(C(F)(F)F)cc2)c1C(=O)N[C@@H](C)c1ccc(C(=O)O)cc1. The number of carbonyl (C=O) groups excluding carboxylic acids is 1. The van der Waals surface area contributed by atoms with Gasteiger partial charge in [0.2, 0.25) is 0 Å². The van der Waals surface area contributed by atoms with Crippen LogP contribution in [0.3, 0.4) is 0 Å². The minimum absolute atomic E-state index is 0.0487. The molecule has 0 radical (unpaired) electrons. The van der Waals surface area contributed by atoms with Crippen molar-refractivity contribution in [3.8, 4) is 0 Å². The first-order valence-corrected chi connectivity index (χ1v) is 9.96. The number of nitrogens with zero attached hydrogens (tertiary/aromatic N) is 3. The number of allylic oxidation sites excluding steroid dienone is 1. The number of carbonyl (C=O) groups is 2. The molecular weight excluding hydrogens is 437 g/mol. The Bertz CT molecular complexity index is 1170. The van der Waals surface area contributed by atoms with Gasteiger partial charge in [0.1, 0.15) is 5.69 Å². The molecule has 0 saturated carbocycles. The number of aromatic nitrogens is 3. The Kier molecular flexibility index (Phi) is 6.95. The van der Waals surface area contributed by atoms with Crippen LogP contribution in [0.1, 0.15) is 63.1 Å². The van der Waals surface area contributed by atoms with E-state index >= 15 is 0 Å². The molecule has 0 spiro atoms. The molecule has 1 aromatic heterocycles. The molecule has 3 aromatic rings. The third kappa shape index (κ3) is 5.65. The number of aromatic carboxylic acids is 1. The Hall–Kier alpha value is -3.95. The summed E-state index contributed by atoms with van der Waals surface area (Å²) in [5, 5.41) is 19.9. The normalized spacial score (nSPS) is 12.6. The van der Waals surface area contributed by atoms with Gasteiger partial charge < -0.3 is 10.4 Å². The van der Waals surface area contributed by atoms with E-state index in [1.165, 1.54) is 28.9 Å². The largest absolute Gasteiger partial charge is 0.478 e. The zero-order valence-corrected chi connectivity index (χ0v) is 17.8. The van der Waals surface area contributed by atoms with Crippen LogP contribution >= 0.6 is 0 Å². The number of alkyl halides is 3. The van der Waals surface area contributed by atoms with Gasteiger partial charge in [0, 0.05) is 0 Å². The summed E-state index contributed by atoms with van der Waals surface area (Å²) in [6.07, 6.45) is -1.14. The van der Waals surface area contributed by atoms with Crippen LogP contribution in [0.15, 0.2) is 54.6 Å². The van der Waals surface area contributed by atoms with Gasteiger partial charge >= 0.3 is 12.1 Å². The lowest BCUT2D eigenvalue weighted by atomic mass is 10.1. The molecule has 7 nitrogen and oxygen atoms in total. The maximum Gasteiger partial charge on any atom is 0.416 e. The van der Waals surface area contributed by atoms with Gasteiger partial charge in [-0.25, -0.2) is 9.48 Å². The number of rotatable bonds is 7. The minimum atomic E-state index is -4.44. The Morgan fingerprint density at radius 2 is 1.76 bits per heavy atom. The van der Waals surface area contributed by atoms with Crippen LogP contribution in [0.5, 0.6) is 0 Å². The second kappa shape index (κ2) is 9.68. The standard InChI is InChI=1S/C23H21F3N4O3/c1-3-4-19-20(21(31)27-14(2)16-7-9-17(10-8-16)22(32)33)30(29-28-19)13-15-5-11-18(12-6-15)23(24,25)26/h3-12,14H,13H2,1-2H3,(H,27,31)(H,32,33)/b4-3+/t14-/m0/s1. The van der Waals surface area contributed by atoms with Gasteiger partial charge in [-0.05, 0) is 55.3 Å². The van der Waals surface area contributed by atoms with Crippen molar-refractivity contribution in [3.05, 3.63) is 88.2 Å². The third-order valence-electron chi connectivity index (χ3n) is 4.92. The number of hydrogen-bond acceptors (Lipinski definition) is 4. The van der Waals surface area contributed by atoms with Gasteiger partial charge in [0.05, 0.1) is 23.7 Å². The zero-order valence-electron chi connectivity index (χ0n) is 17.8. The summed E-state index contributed by atoms with van der Waals surface area (Å²) < 4.78 is 39.8. The van der Waals surface area contributed by atoms with Gasteiger partial charge in [-0.1, -0.05) is 35.6 Å². The van der Waals surface area contributed by atoms with Gasteiger partial charge in [-0.3, -0.25) is 4.79 Å². The Balaban J connectivity index is 1.83. The summed E-state index contributed by atoms with van der Waals surface area (Å²) >= 11 is 0. The molecule has 0 aliphatic carbocycles. The first kappa shape index (κ1) is 23.7. The number of amides is 1. The number of carboxylic acids is 1. The van der Waals surface area contributed by atoms with E-state index in [2.05, 4.69) is 15.6 Å². The van der Waals surface area contributed by atoms with Crippen molar-refractivity contribution in [3.63, 3.8) is 0 Å². The van der Waals surface area contributed by atoms with Gasteiger partial charge in [-0.15, -0.1) is 5.10 Å². The predicted octanol–water partition coefficient (Wildman–Crippen LogP) is 4.57. The highest BCUT2D eigenvalue weighted by Gasteiger charge is 2.30. The fourth-order valence-electron chi connectivity index (χ4n) is 3.18. The van der Waals surface area contributed by atoms with E-state index in [-0.39, 0.29) is 17.8 Å². The van der Waals surface area contributed by atoms with E-state index in [0.717, 1.165) is 12.1 Å². The van der Waals surface area contributed by atoms with Crippen LogP contribution in [0.4, 0.5) is 13.2 Å². The summed E-state index contributed by atoms with van der Waals surface area (Å²) in [6, 6.07) is 10.3. The first-order chi connectivity index (χ1) is 15.6. The molecule has 1 amide bonds. The van der Waals surface area contributed by atoms with Gasteiger partial charge in [0.25, 0.3) is 5.91 Å². The number of carboxylic acid groups (broad SMARTS) is 1. The van der Waals surface area contributed by atoms with Crippen LogP contribution in [0.25, 0.3) is 6.08 Å². The summed E-state index contributed by atoms with van der Waals surface area (Å²) in [6.45, 7) is 3.54. The van der Waals surface area contributed by atoms with Crippen LogP contribution in [-0.4, -0.2) is 32.0 Å². The maximum atomic E-state index is 13.1. The fraction of sp³-hybridized carbons (Fsp3) is 0.217. The molecule has 0 saturated heterocycles. The monoisotopic (exact) mass is 458 g/mol. The third-order valence-corrected chi connectivity index (χ3v) is 4.92. The molecule has 0 fully saturated rings. The van der Waals surface area contributed by atoms with Crippen molar-refractivity contribution in [2.45, 2.75) is 32.6 Å². The smallest absolute Gasteiger partial charge is 0.416 e. The maximum absolute atomic E-state index is 13.1. The molecular formula is C23H21F3N4O3. The van der Waals surface area contributed by atoms with Crippen molar-refractivity contribution in [1.29, 1.82) is 0 Å². The molecule has 1 atom stereocenters.